The molecule has 0 amide bonds. The standard InChI is InChI=1S/C9H15N3O6/c13-1-5-6(14)7(15)8(16)9(17-5)18-12-3-10-2-11-4-12/h2-3,5-9,13-16H,1,4H2. The molecule has 0 bridgehead atoms. The fourth-order valence-corrected chi connectivity index (χ4v) is 1.65. The number of aliphatic hydroxyl groups is 4. The van der Waals surface area contributed by atoms with Gasteiger partial charge in [0.25, 0.3) is 0 Å². The Balaban J connectivity index is 1.98. The summed E-state index contributed by atoms with van der Waals surface area (Å²) in [5.74, 6) is 0. The summed E-state index contributed by atoms with van der Waals surface area (Å²) in [5.41, 5.74) is 0. The second-order valence-electron chi connectivity index (χ2n) is 3.92. The van der Waals surface area contributed by atoms with Crippen molar-refractivity contribution < 1.29 is 30.0 Å². The molecule has 4 N–H and O–H groups in total. The lowest BCUT2D eigenvalue weighted by Crippen LogP contribution is -2.60. The summed E-state index contributed by atoms with van der Waals surface area (Å²) in [6, 6.07) is 0. The highest BCUT2D eigenvalue weighted by Crippen LogP contribution is 2.22. The van der Waals surface area contributed by atoms with Crippen LogP contribution in [0.5, 0.6) is 0 Å². The molecule has 102 valence electrons. The zero-order chi connectivity index (χ0) is 13.1. The van der Waals surface area contributed by atoms with E-state index < -0.39 is 37.3 Å². The van der Waals surface area contributed by atoms with Gasteiger partial charge in [-0.2, -0.15) is 0 Å². The van der Waals surface area contributed by atoms with Gasteiger partial charge in [-0.05, 0) is 0 Å². The average molecular weight is 261 g/mol. The van der Waals surface area contributed by atoms with E-state index in [2.05, 4.69) is 9.98 Å². The summed E-state index contributed by atoms with van der Waals surface area (Å²) in [7, 11) is 0. The first-order valence-electron chi connectivity index (χ1n) is 5.39. The second-order valence-corrected chi connectivity index (χ2v) is 3.92. The van der Waals surface area contributed by atoms with Crippen LogP contribution in [0.4, 0.5) is 0 Å². The van der Waals surface area contributed by atoms with Gasteiger partial charge in [0.05, 0.1) is 6.61 Å². The van der Waals surface area contributed by atoms with Gasteiger partial charge in [0, 0.05) is 0 Å². The van der Waals surface area contributed by atoms with Crippen LogP contribution in [0, 0.1) is 0 Å². The van der Waals surface area contributed by atoms with Crippen molar-refractivity contribution in [2.75, 3.05) is 13.3 Å². The fourth-order valence-electron chi connectivity index (χ4n) is 1.65. The Kier molecular flexibility index (Phi) is 4.22. The highest BCUT2D eigenvalue weighted by atomic mass is 16.8. The van der Waals surface area contributed by atoms with E-state index in [0.717, 1.165) is 0 Å². The molecule has 2 aliphatic rings. The maximum atomic E-state index is 9.70. The van der Waals surface area contributed by atoms with Crippen LogP contribution in [-0.2, 0) is 9.57 Å². The zero-order valence-corrected chi connectivity index (χ0v) is 9.40. The van der Waals surface area contributed by atoms with Crippen LogP contribution >= 0.6 is 0 Å². The summed E-state index contributed by atoms with van der Waals surface area (Å²) in [6.45, 7) is -0.338. The van der Waals surface area contributed by atoms with Crippen molar-refractivity contribution in [2.45, 2.75) is 30.7 Å². The van der Waals surface area contributed by atoms with Gasteiger partial charge in [-0.3, -0.25) is 0 Å². The molecule has 18 heavy (non-hydrogen) atoms. The lowest BCUT2D eigenvalue weighted by Gasteiger charge is -2.40. The predicted molar refractivity (Wildman–Crippen MR) is 58.5 cm³/mol. The lowest BCUT2D eigenvalue weighted by atomic mass is 9.99. The monoisotopic (exact) mass is 261 g/mol. The molecule has 5 atom stereocenters. The van der Waals surface area contributed by atoms with E-state index in [-0.39, 0.29) is 6.67 Å². The fraction of sp³-hybridized carbons (Fsp3) is 0.778. The van der Waals surface area contributed by atoms with Crippen LogP contribution in [-0.4, -0.2) is 82.1 Å². The Labute approximate surface area is 103 Å². The minimum atomic E-state index is -1.47. The molecule has 1 fully saturated rings. The molecule has 0 saturated carbocycles. The molecular weight excluding hydrogens is 246 g/mol. The van der Waals surface area contributed by atoms with Gasteiger partial charge in [-0.25, -0.2) is 19.9 Å². The molecule has 0 spiro atoms. The first-order chi connectivity index (χ1) is 8.63. The number of nitrogens with zero attached hydrogens (tertiary/aromatic N) is 3. The SMILES string of the molecule is OCC1OC(ON2C=NC=NC2)C(O)C(O)C1O. The molecular formula is C9H15N3O6. The number of hydroxylamine groups is 2. The van der Waals surface area contributed by atoms with Gasteiger partial charge < -0.3 is 25.2 Å². The molecule has 2 aliphatic heterocycles. The van der Waals surface area contributed by atoms with Crippen LogP contribution in [0.3, 0.4) is 0 Å². The summed E-state index contributed by atoms with van der Waals surface area (Å²) in [6.07, 6.45) is -3.87. The van der Waals surface area contributed by atoms with E-state index in [1.165, 1.54) is 17.7 Å². The predicted octanol–water partition coefficient (Wildman–Crippen LogP) is -2.95. The van der Waals surface area contributed by atoms with Crippen LogP contribution in [0.25, 0.3) is 0 Å². The quantitative estimate of drug-likeness (QED) is 0.427. The van der Waals surface area contributed by atoms with Gasteiger partial charge >= 0.3 is 0 Å². The van der Waals surface area contributed by atoms with E-state index in [4.69, 9.17) is 14.7 Å². The maximum absolute atomic E-state index is 9.70. The van der Waals surface area contributed by atoms with Crippen LogP contribution in [0.2, 0.25) is 0 Å². The first-order valence-corrected chi connectivity index (χ1v) is 5.39. The minimum absolute atomic E-state index is 0.165. The average Bonchev–Trinajstić information content (AvgIpc) is 2.40. The normalized spacial score (nSPS) is 40.2. The molecule has 0 aliphatic carbocycles. The largest absolute Gasteiger partial charge is 0.394 e. The van der Waals surface area contributed by atoms with Crippen molar-refractivity contribution in [1.29, 1.82) is 0 Å². The molecule has 2 rings (SSSR count). The van der Waals surface area contributed by atoms with Crippen molar-refractivity contribution in [3.8, 4) is 0 Å². The minimum Gasteiger partial charge on any atom is -0.394 e. The summed E-state index contributed by atoms with van der Waals surface area (Å²) in [5, 5.41) is 39.0. The summed E-state index contributed by atoms with van der Waals surface area (Å²) in [4.78, 5) is 12.7. The lowest BCUT2D eigenvalue weighted by molar-refractivity contribution is -0.345. The molecule has 0 aromatic carbocycles. The topological polar surface area (TPSA) is 127 Å². The number of hydrogen-bond donors (Lipinski definition) is 4. The molecule has 2 heterocycles. The van der Waals surface area contributed by atoms with Gasteiger partial charge in [0.15, 0.2) is 0 Å². The highest BCUT2D eigenvalue weighted by molar-refractivity contribution is 5.72. The van der Waals surface area contributed by atoms with E-state index in [9.17, 15) is 15.3 Å². The summed E-state index contributed by atoms with van der Waals surface area (Å²) >= 11 is 0. The molecule has 9 nitrogen and oxygen atoms in total. The highest BCUT2D eigenvalue weighted by Gasteiger charge is 2.44. The van der Waals surface area contributed by atoms with E-state index in [0.29, 0.717) is 0 Å². The summed E-state index contributed by atoms with van der Waals surface area (Å²) < 4.78 is 5.15. The van der Waals surface area contributed by atoms with E-state index >= 15 is 0 Å². The van der Waals surface area contributed by atoms with Crippen molar-refractivity contribution in [3.63, 3.8) is 0 Å². The maximum Gasteiger partial charge on any atom is 0.213 e. The molecule has 0 radical (unpaired) electrons. The van der Waals surface area contributed by atoms with Gasteiger partial charge in [-0.1, -0.05) is 0 Å². The van der Waals surface area contributed by atoms with Gasteiger partial charge in [0.2, 0.25) is 6.29 Å². The Hall–Kier alpha value is -1.10. The van der Waals surface area contributed by atoms with Crippen molar-refractivity contribution in [3.05, 3.63) is 0 Å². The Morgan fingerprint density at radius 1 is 1.28 bits per heavy atom. The van der Waals surface area contributed by atoms with E-state index in [1.54, 1.807) is 0 Å². The first kappa shape index (κ1) is 13.3. The van der Waals surface area contributed by atoms with E-state index in [1.807, 2.05) is 0 Å². The van der Waals surface area contributed by atoms with Gasteiger partial charge in [0.1, 0.15) is 43.8 Å². The Morgan fingerprint density at radius 3 is 2.67 bits per heavy atom. The number of rotatable bonds is 3. The van der Waals surface area contributed by atoms with Crippen molar-refractivity contribution >= 4 is 12.7 Å². The molecule has 9 heteroatoms. The molecule has 1 saturated heterocycles. The molecule has 5 unspecified atom stereocenters. The third kappa shape index (κ3) is 2.66. The Morgan fingerprint density at radius 2 is 2.06 bits per heavy atom. The van der Waals surface area contributed by atoms with Gasteiger partial charge in [-0.15, -0.1) is 0 Å². The third-order valence-corrected chi connectivity index (χ3v) is 2.65. The smallest absolute Gasteiger partial charge is 0.213 e. The number of hydrogen-bond acceptors (Lipinski definition) is 9. The van der Waals surface area contributed by atoms with Crippen LogP contribution in [0.1, 0.15) is 0 Å². The van der Waals surface area contributed by atoms with Crippen molar-refractivity contribution in [1.82, 2.24) is 5.06 Å². The second kappa shape index (κ2) is 5.69. The zero-order valence-electron chi connectivity index (χ0n) is 9.40. The molecule has 0 aromatic heterocycles. The number of ether oxygens (including phenoxy) is 1. The number of aliphatic hydroxyl groups excluding tert-OH is 4. The molecule has 0 aromatic rings. The third-order valence-electron chi connectivity index (χ3n) is 2.65. The van der Waals surface area contributed by atoms with Crippen LogP contribution < -0.4 is 0 Å². The number of aliphatic imine (C=N–C) groups is 2. The Bertz CT molecular complexity index is 336. The van der Waals surface area contributed by atoms with Crippen molar-refractivity contribution in [2.24, 2.45) is 9.98 Å². The van der Waals surface area contributed by atoms with Crippen LogP contribution in [0.15, 0.2) is 9.98 Å².